The van der Waals surface area contributed by atoms with Crippen LogP contribution in [-0.2, 0) is 6.54 Å². The van der Waals surface area contributed by atoms with Gasteiger partial charge in [0.25, 0.3) is 0 Å². The fourth-order valence-electron chi connectivity index (χ4n) is 2.80. The zero-order chi connectivity index (χ0) is 16.8. The van der Waals surface area contributed by atoms with Crippen LogP contribution in [0.25, 0.3) is 0 Å². The molecule has 0 saturated heterocycles. The van der Waals surface area contributed by atoms with Crippen molar-refractivity contribution in [2.75, 3.05) is 13.7 Å². The maximum atomic E-state index is 9.56. The van der Waals surface area contributed by atoms with E-state index in [4.69, 9.17) is 4.74 Å². The van der Waals surface area contributed by atoms with E-state index in [9.17, 15) is 5.11 Å². The number of rotatable bonds is 14. The molecule has 2 N–H and O–H groups in total. The van der Waals surface area contributed by atoms with Gasteiger partial charge in [-0.25, -0.2) is 0 Å². The number of halogens is 1. The Morgan fingerprint density at radius 2 is 1.50 bits per heavy atom. The number of phenolic OH excluding ortho intramolecular Hbond substituents is 1. The Kier molecular flexibility index (Phi) is 15.0. The van der Waals surface area contributed by atoms with Gasteiger partial charge in [-0.15, -0.1) is 12.4 Å². The van der Waals surface area contributed by atoms with Gasteiger partial charge in [-0.1, -0.05) is 70.8 Å². The molecule has 0 aromatic heterocycles. The van der Waals surface area contributed by atoms with Gasteiger partial charge in [0.1, 0.15) is 0 Å². The summed E-state index contributed by atoms with van der Waals surface area (Å²) in [5, 5.41) is 13.0. The predicted molar refractivity (Wildman–Crippen MR) is 105 cm³/mol. The summed E-state index contributed by atoms with van der Waals surface area (Å²) in [7, 11) is 1.58. The van der Waals surface area contributed by atoms with Crippen LogP contribution in [0.15, 0.2) is 18.2 Å². The number of hydrogen-bond donors (Lipinski definition) is 2. The van der Waals surface area contributed by atoms with Crippen LogP contribution in [-0.4, -0.2) is 18.8 Å². The fraction of sp³-hybridized carbons (Fsp3) is 0.700. The average Bonchev–Trinajstić information content (AvgIpc) is 2.57. The molecule has 140 valence electrons. The highest BCUT2D eigenvalue weighted by Gasteiger charge is 2.02. The molecule has 4 heteroatoms. The molecule has 0 aliphatic carbocycles. The van der Waals surface area contributed by atoms with Gasteiger partial charge in [-0.3, -0.25) is 0 Å². The van der Waals surface area contributed by atoms with Crippen molar-refractivity contribution in [2.45, 2.75) is 77.7 Å². The monoisotopic (exact) mass is 357 g/mol. The van der Waals surface area contributed by atoms with Gasteiger partial charge < -0.3 is 15.2 Å². The third kappa shape index (κ3) is 10.8. The summed E-state index contributed by atoms with van der Waals surface area (Å²) in [6, 6.07) is 5.51. The normalized spacial score (nSPS) is 10.4. The standard InChI is InChI=1S/C20H35NO2.ClH/c1-3-4-5-6-7-8-9-10-11-12-15-21-17-18-13-14-19(22)20(16-18)23-2;/h13-14,16,21-22H,3-12,15,17H2,1-2H3;1H. The molecule has 0 atom stereocenters. The lowest BCUT2D eigenvalue weighted by atomic mass is 10.1. The molecular formula is C20H36ClNO2. The number of benzene rings is 1. The second-order valence-corrected chi connectivity index (χ2v) is 6.36. The summed E-state index contributed by atoms with van der Waals surface area (Å²) in [4.78, 5) is 0. The first kappa shape index (κ1) is 23.1. The topological polar surface area (TPSA) is 41.5 Å². The fourth-order valence-corrected chi connectivity index (χ4v) is 2.80. The molecule has 0 aliphatic rings. The maximum Gasteiger partial charge on any atom is 0.160 e. The van der Waals surface area contributed by atoms with Gasteiger partial charge >= 0.3 is 0 Å². The maximum absolute atomic E-state index is 9.56. The Bertz CT molecular complexity index is 413. The van der Waals surface area contributed by atoms with E-state index in [0.29, 0.717) is 5.75 Å². The second kappa shape index (κ2) is 15.6. The minimum Gasteiger partial charge on any atom is -0.504 e. The van der Waals surface area contributed by atoms with Crippen LogP contribution in [0.5, 0.6) is 11.5 Å². The molecule has 0 unspecified atom stereocenters. The van der Waals surface area contributed by atoms with E-state index >= 15 is 0 Å². The van der Waals surface area contributed by atoms with Crippen molar-refractivity contribution in [3.05, 3.63) is 23.8 Å². The number of unbranched alkanes of at least 4 members (excludes halogenated alkanes) is 9. The quantitative estimate of drug-likeness (QED) is 0.411. The second-order valence-electron chi connectivity index (χ2n) is 6.36. The summed E-state index contributed by atoms with van der Waals surface area (Å²) >= 11 is 0. The molecule has 1 aromatic rings. The van der Waals surface area contributed by atoms with Crippen molar-refractivity contribution in [3.8, 4) is 11.5 Å². The molecule has 1 aromatic carbocycles. The summed E-state index contributed by atoms with van der Waals surface area (Å²) < 4.78 is 5.12. The minimum absolute atomic E-state index is 0. The minimum atomic E-state index is 0. The van der Waals surface area contributed by atoms with E-state index < -0.39 is 0 Å². The van der Waals surface area contributed by atoms with Crippen molar-refractivity contribution in [3.63, 3.8) is 0 Å². The zero-order valence-corrected chi connectivity index (χ0v) is 16.3. The third-order valence-corrected chi connectivity index (χ3v) is 4.28. The Balaban J connectivity index is 0.00000529. The molecule has 0 aliphatic heterocycles. The summed E-state index contributed by atoms with van der Waals surface area (Å²) in [5.74, 6) is 0.745. The van der Waals surface area contributed by atoms with Gasteiger partial charge in [-0.05, 0) is 30.7 Å². The van der Waals surface area contributed by atoms with E-state index in [2.05, 4.69) is 12.2 Å². The zero-order valence-electron chi connectivity index (χ0n) is 15.5. The number of hydrogen-bond acceptors (Lipinski definition) is 3. The molecule has 24 heavy (non-hydrogen) atoms. The smallest absolute Gasteiger partial charge is 0.160 e. The van der Waals surface area contributed by atoms with E-state index in [-0.39, 0.29) is 18.2 Å². The lowest BCUT2D eigenvalue weighted by molar-refractivity contribution is 0.372. The third-order valence-electron chi connectivity index (χ3n) is 4.28. The molecular weight excluding hydrogens is 322 g/mol. The van der Waals surface area contributed by atoms with E-state index in [0.717, 1.165) is 18.7 Å². The number of methoxy groups -OCH3 is 1. The Morgan fingerprint density at radius 1 is 0.917 bits per heavy atom. The molecule has 0 bridgehead atoms. The van der Waals surface area contributed by atoms with Crippen molar-refractivity contribution in [2.24, 2.45) is 0 Å². The molecule has 0 radical (unpaired) electrons. The highest BCUT2D eigenvalue weighted by atomic mass is 35.5. The first-order chi connectivity index (χ1) is 11.3. The van der Waals surface area contributed by atoms with Crippen molar-refractivity contribution < 1.29 is 9.84 Å². The van der Waals surface area contributed by atoms with Crippen molar-refractivity contribution in [1.82, 2.24) is 5.32 Å². The molecule has 0 saturated carbocycles. The van der Waals surface area contributed by atoms with Gasteiger partial charge in [0.2, 0.25) is 0 Å². The van der Waals surface area contributed by atoms with E-state index in [1.54, 1.807) is 13.2 Å². The van der Waals surface area contributed by atoms with Crippen LogP contribution in [0.2, 0.25) is 0 Å². The summed E-state index contributed by atoms with van der Waals surface area (Å²) in [6.45, 7) is 4.15. The van der Waals surface area contributed by atoms with Crippen molar-refractivity contribution >= 4 is 12.4 Å². The Labute approximate surface area is 154 Å². The first-order valence-corrected chi connectivity index (χ1v) is 9.34. The number of phenols is 1. The SMILES string of the molecule is CCCCCCCCCCCCNCc1ccc(O)c(OC)c1.Cl. The van der Waals surface area contributed by atoms with Crippen LogP contribution in [0, 0.1) is 0 Å². The number of nitrogens with one attached hydrogen (secondary N) is 1. The highest BCUT2D eigenvalue weighted by molar-refractivity contribution is 5.85. The first-order valence-electron chi connectivity index (χ1n) is 9.34. The van der Waals surface area contributed by atoms with Gasteiger partial charge in [-0.2, -0.15) is 0 Å². The summed E-state index contributed by atoms with van der Waals surface area (Å²) in [5.41, 5.74) is 1.15. The van der Waals surface area contributed by atoms with Crippen LogP contribution >= 0.6 is 12.4 Å². The van der Waals surface area contributed by atoms with Crippen LogP contribution in [0.3, 0.4) is 0 Å². The number of ether oxygens (including phenoxy) is 1. The highest BCUT2D eigenvalue weighted by Crippen LogP contribution is 2.26. The van der Waals surface area contributed by atoms with Gasteiger partial charge in [0.15, 0.2) is 11.5 Å². The van der Waals surface area contributed by atoms with Crippen LogP contribution < -0.4 is 10.1 Å². The Morgan fingerprint density at radius 3 is 2.08 bits per heavy atom. The lowest BCUT2D eigenvalue weighted by Gasteiger charge is -2.08. The lowest BCUT2D eigenvalue weighted by Crippen LogP contribution is -2.14. The van der Waals surface area contributed by atoms with Gasteiger partial charge in [0.05, 0.1) is 7.11 Å². The molecule has 3 nitrogen and oxygen atoms in total. The van der Waals surface area contributed by atoms with Crippen LogP contribution in [0.1, 0.15) is 76.7 Å². The Hall–Kier alpha value is -0.930. The molecule has 1 rings (SSSR count). The molecule has 0 fully saturated rings. The number of aromatic hydroxyl groups is 1. The average molecular weight is 358 g/mol. The van der Waals surface area contributed by atoms with Crippen molar-refractivity contribution in [1.29, 1.82) is 0 Å². The van der Waals surface area contributed by atoms with E-state index in [1.807, 2.05) is 12.1 Å². The molecule has 0 spiro atoms. The molecule has 0 heterocycles. The van der Waals surface area contributed by atoms with Crippen LogP contribution in [0.4, 0.5) is 0 Å². The van der Waals surface area contributed by atoms with E-state index in [1.165, 1.54) is 64.2 Å². The predicted octanol–water partition coefficient (Wildman–Crippen LogP) is 5.83. The summed E-state index contributed by atoms with van der Waals surface area (Å²) in [6.07, 6.45) is 13.7. The largest absolute Gasteiger partial charge is 0.504 e. The molecule has 0 amide bonds. The van der Waals surface area contributed by atoms with Gasteiger partial charge in [0, 0.05) is 6.54 Å².